The van der Waals surface area contributed by atoms with Crippen LogP contribution in [0.25, 0.3) is 0 Å². The van der Waals surface area contributed by atoms with Crippen LogP contribution in [0.15, 0.2) is 10.7 Å². The highest BCUT2D eigenvalue weighted by Gasteiger charge is 2.16. The molecule has 4 nitrogen and oxygen atoms in total. The van der Waals surface area contributed by atoms with Gasteiger partial charge < -0.3 is 15.8 Å². The third-order valence-electron chi connectivity index (χ3n) is 2.82. The molecule has 1 fully saturated rings. The van der Waals surface area contributed by atoms with Gasteiger partial charge in [-0.2, -0.15) is 0 Å². The monoisotopic (exact) mass is 285 g/mol. The standard InChI is InChI=1S/C11H16BrN3O/c1-7-9(13)6-15-11(10(7)12)14-5-8-3-2-4-16-8/h6,8H,2-5,13H2,1H3,(H,14,15). The number of rotatable bonds is 3. The summed E-state index contributed by atoms with van der Waals surface area (Å²) in [4.78, 5) is 4.26. The lowest BCUT2D eigenvalue weighted by Crippen LogP contribution is -2.19. The first-order valence-electron chi connectivity index (χ1n) is 5.44. The van der Waals surface area contributed by atoms with E-state index in [9.17, 15) is 0 Å². The molecule has 2 rings (SSSR count). The van der Waals surface area contributed by atoms with Gasteiger partial charge in [-0.15, -0.1) is 0 Å². The van der Waals surface area contributed by atoms with Crippen LogP contribution < -0.4 is 11.1 Å². The molecule has 1 aliphatic heterocycles. The minimum atomic E-state index is 0.312. The van der Waals surface area contributed by atoms with Crippen molar-refractivity contribution in [1.82, 2.24) is 4.98 Å². The van der Waals surface area contributed by atoms with Crippen LogP contribution in [-0.2, 0) is 4.74 Å². The van der Waals surface area contributed by atoms with E-state index in [-0.39, 0.29) is 0 Å². The molecule has 0 amide bonds. The van der Waals surface area contributed by atoms with E-state index in [4.69, 9.17) is 10.5 Å². The molecule has 0 spiro atoms. The van der Waals surface area contributed by atoms with E-state index in [2.05, 4.69) is 26.2 Å². The van der Waals surface area contributed by atoms with Crippen molar-refractivity contribution < 1.29 is 4.74 Å². The average molecular weight is 286 g/mol. The van der Waals surface area contributed by atoms with Crippen molar-refractivity contribution in [2.24, 2.45) is 0 Å². The summed E-state index contributed by atoms with van der Waals surface area (Å²) in [5.41, 5.74) is 7.48. The Hall–Kier alpha value is -0.810. The molecule has 1 aromatic rings. The highest BCUT2D eigenvalue weighted by atomic mass is 79.9. The summed E-state index contributed by atoms with van der Waals surface area (Å²) in [5, 5.41) is 3.28. The number of nitrogens with zero attached hydrogens (tertiary/aromatic N) is 1. The van der Waals surface area contributed by atoms with Crippen LogP contribution in [0.4, 0.5) is 11.5 Å². The van der Waals surface area contributed by atoms with Gasteiger partial charge in [0.15, 0.2) is 0 Å². The normalized spacial score (nSPS) is 20.0. The third kappa shape index (κ3) is 2.47. The minimum absolute atomic E-state index is 0.312. The summed E-state index contributed by atoms with van der Waals surface area (Å²) in [6.45, 7) is 3.65. The number of anilines is 2. The van der Waals surface area contributed by atoms with Crippen molar-refractivity contribution in [3.63, 3.8) is 0 Å². The first-order valence-corrected chi connectivity index (χ1v) is 6.24. The number of pyridine rings is 1. The first kappa shape index (κ1) is 11.7. The molecule has 0 saturated carbocycles. The fourth-order valence-corrected chi connectivity index (χ4v) is 2.20. The van der Waals surface area contributed by atoms with Gasteiger partial charge in [0.1, 0.15) is 5.82 Å². The van der Waals surface area contributed by atoms with E-state index >= 15 is 0 Å². The van der Waals surface area contributed by atoms with Crippen molar-refractivity contribution >= 4 is 27.4 Å². The quantitative estimate of drug-likeness (QED) is 0.895. The van der Waals surface area contributed by atoms with Crippen molar-refractivity contribution in [2.45, 2.75) is 25.9 Å². The summed E-state index contributed by atoms with van der Waals surface area (Å²) in [7, 11) is 0. The zero-order chi connectivity index (χ0) is 11.5. The Labute approximate surface area is 104 Å². The average Bonchev–Trinajstić information content (AvgIpc) is 2.78. The lowest BCUT2D eigenvalue weighted by atomic mass is 10.2. The number of nitrogens with two attached hydrogens (primary N) is 1. The summed E-state index contributed by atoms with van der Waals surface area (Å²) >= 11 is 3.49. The number of aromatic nitrogens is 1. The molecule has 1 unspecified atom stereocenters. The summed E-state index contributed by atoms with van der Waals surface area (Å²) in [6, 6.07) is 0. The predicted octanol–water partition coefficient (Wildman–Crippen LogP) is 2.33. The maximum absolute atomic E-state index is 5.76. The number of nitrogen functional groups attached to an aromatic ring is 1. The zero-order valence-corrected chi connectivity index (χ0v) is 10.9. The van der Waals surface area contributed by atoms with Crippen molar-refractivity contribution in [3.05, 3.63) is 16.2 Å². The van der Waals surface area contributed by atoms with Gasteiger partial charge >= 0.3 is 0 Å². The maximum Gasteiger partial charge on any atom is 0.140 e. The van der Waals surface area contributed by atoms with Gasteiger partial charge in [0, 0.05) is 13.2 Å². The van der Waals surface area contributed by atoms with Crippen LogP contribution in [0.2, 0.25) is 0 Å². The van der Waals surface area contributed by atoms with Crippen molar-refractivity contribution in [1.29, 1.82) is 0 Å². The van der Waals surface area contributed by atoms with Crippen LogP contribution in [0.3, 0.4) is 0 Å². The van der Waals surface area contributed by atoms with Gasteiger partial charge in [-0.05, 0) is 41.3 Å². The highest BCUT2D eigenvalue weighted by molar-refractivity contribution is 9.10. The van der Waals surface area contributed by atoms with Gasteiger partial charge in [0.25, 0.3) is 0 Å². The Kier molecular flexibility index (Phi) is 3.66. The molecule has 2 heterocycles. The van der Waals surface area contributed by atoms with E-state index in [0.717, 1.165) is 41.8 Å². The highest BCUT2D eigenvalue weighted by Crippen LogP contribution is 2.27. The molecule has 1 aliphatic rings. The first-order chi connectivity index (χ1) is 7.68. The van der Waals surface area contributed by atoms with Gasteiger partial charge in [-0.1, -0.05) is 0 Å². The SMILES string of the molecule is Cc1c(N)cnc(NCC2CCCO2)c1Br. The zero-order valence-electron chi connectivity index (χ0n) is 9.29. The van der Waals surface area contributed by atoms with E-state index in [1.54, 1.807) is 6.20 Å². The second-order valence-electron chi connectivity index (χ2n) is 4.02. The van der Waals surface area contributed by atoms with Gasteiger partial charge in [0.05, 0.1) is 22.5 Å². The van der Waals surface area contributed by atoms with Gasteiger partial charge in [0.2, 0.25) is 0 Å². The maximum atomic E-state index is 5.76. The van der Waals surface area contributed by atoms with E-state index in [1.807, 2.05) is 6.92 Å². The Morgan fingerprint density at radius 2 is 2.50 bits per heavy atom. The summed E-state index contributed by atoms with van der Waals surface area (Å²) in [6.07, 6.45) is 4.27. The van der Waals surface area contributed by atoms with Gasteiger partial charge in [-0.3, -0.25) is 0 Å². The molecule has 0 aliphatic carbocycles. The largest absolute Gasteiger partial charge is 0.397 e. The van der Waals surface area contributed by atoms with Crippen molar-refractivity contribution in [2.75, 3.05) is 24.2 Å². The Morgan fingerprint density at radius 1 is 1.69 bits per heavy atom. The van der Waals surface area contributed by atoms with E-state index < -0.39 is 0 Å². The Morgan fingerprint density at radius 3 is 3.19 bits per heavy atom. The smallest absolute Gasteiger partial charge is 0.140 e. The number of halogens is 1. The summed E-state index contributed by atoms with van der Waals surface area (Å²) < 4.78 is 6.47. The van der Waals surface area contributed by atoms with E-state index in [1.165, 1.54) is 0 Å². The fourth-order valence-electron chi connectivity index (χ4n) is 1.73. The molecule has 0 radical (unpaired) electrons. The lowest BCUT2D eigenvalue weighted by molar-refractivity contribution is 0.120. The molecular formula is C11H16BrN3O. The molecule has 5 heteroatoms. The fraction of sp³-hybridized carbons (Fsp3) is 0.545. The van der Waals surface area contributed by atoms with Crippen LogP contribution in [-0.4, -0.2) is 24.2 Å². The lowest BCUT2D eigenvalue weighted by Gasteiger charge is -2.14. The Balaban J connectivity index is 2.01. The number of hydrogen-bond donors (Lipinski definition) is 2. The molecular weight excluding hydrogens is 270 g/mol. The second-order valence-corrected chi connectivity index (χ2v) is 4.81. The molecule has 3 N–H and O–H groups in total. The Bertz CT molecular complexity index is 378. The molecule has 16 heavy (non-hydrogen) atoms. The number of nitrogens with one attached hydrogen (secondary N) is 1. The molecule has 88 valence electrons. The van der Waals surface area contributed by atoms with E-state index in [0.29, 0.717) is 11.8 Å². The molecule has 0 bridgehead atoms. The molecule has 0 aromatic carbocycles. The molecule has 1 atom stereocenters. The van der Waals surface area contributed by atoms with Crippen LogP contribution in [0, 0.1) is 6.92 Å². The van der Waals surface area contributed by atoms with Crippen LogP contribution in [0.5, 0.6) is 0 Å². The number of hydrogen-bond acceptors (Lipinski definition) is 4. The van der Waals surface area contributed by atoms with Gasteiger partial charge in [-0.25, -0.2) is 4.98 Å². The third-order valence-corrected chi connectivity index (χ3v) is 3.79. The van der Waals surface area contributed by atoms with Crippen LogP contribution in [0.1, 0.15) is 18.4 Å². The summed E-state index contributed by atoms with van der Waals surface area (Å²) in [5.74, 6) is 0.835. The second kappa shape index (κ2) is 5.01. The molecule has 1 aromatic heterocycles. The number of ether oxygens (including phenoxy) is 1. The minimum Gasteiger partial charge on any atom is -0.397 e. The van der Waals surface area contributed by atoms with Crippen LogP contribution >= 0.6 is 15.9 Å². The predicted molar refractivity (Wildman–Crippen MR) is 68.6 cm³/mol. The van der Waals surface area contributed by atoms with Crippen molar-refractivity contribution in [3.8, 4) is 0 Å². The molecule has 1 saturated heterocycles. The topological polar surface area (TPSA) is 60.2 Å².